The molecule has 0 amide bonds. The van der Waals surface area contributed by atoms with Gasteiger partial charge in [-0.1, -0.05) is 0 Å². The van der Waals surface area contributed by atoms with E-state index in [2.05, 4.69) is 10.4 Å². The van der Waals surface area contributed by atoms with Gasteiger partial charge < -0.3 is 5.32 Å². The van der Waals surface area contributed by atoms with Crippen LogP contribution in [0, 0.1) is 24.0 Å². The van der Waals surface area contributed by atoms with Crippen molar-refractivity contribution in [1.82, 2.24) is 9.78 Å². The first kappa shape index (κ1) is 15.8. The third kappa shape index (κ3) is 2.87. The minimum absolute atomic E-state index is 0.0165. The number of halogens is 3. The van der Waals surface area contributed by atoms with Crippen LogP contribution >= 0.6 is 0 Å². The van der Waals surface area contributed by atoms with E-state index in [1.165, 1.54) is 0 Å². The highest BCUT2D eigenvalue weighted by Gasteiger charge is 2.33. The molecule has 0 fully saturated rings. The summed E-state index contributed by atoms with van der Waals surface area (Å²) in [6.45, 7) is 3.45. The average molecular weight is 314 g/mol. The van der Waals surface area contributed by atoms with Crippen LogP contribution in [0.5, 0.6) is 0 Å². The lowest BCUT2D eigenvalue weighted by molar-refractivity contribution is -0.384. The van der Waals surface area contributed by atoms with Crippen LogP contribution in [0.3, 0.4) is 0 Å². The maximum atomic E-state index is 12.7. The minimum Gasteiger partial charge on any atom is -0.347 e. The number of aromatic nitrogens is 2. The highest BCUT2D eigenvalue weighted by atomic mass is 19.4. The topological polar surface area (TPSA) is 73.0 Å². The Balaban J connectivity index is 2.49. The number of alkyl halides is 3. The Kier molecular flexibility index (Phi) is 3.82. The van der Waals surface area contributed by atoms with Gasteiger partial charge in [0.2, 0.25) is 0 Å². The van der Waals surface area contributed by atoms with Crippen LogP contribution in [-0.2, 0) is 13.2 Å². The van der Waals surface area contributed by atoms with Crippen molar-refractivity contribution in [2.24, 2.45) is 7.05 Å². The van der Waals surface area contributed by atoms with Gasteiger partial charge in [-0.15, -0.1) is 0 Å². The maximum absolute atomic E-state index is 12.7. The van der Waals surface area contributed by atoms with Gasteiger partial charge in [-0.3, -0.25) is 14.8 Å². The van der Waals surface area contributed by atoms with Crippen molar-refractivity contribution in [1.29, 1.82) is 0 Å². The number of hydrogen-bond acceptors (Lipinski definition) is 4. The van der Waals surface area contributed by atoms with Crippen LogP contribution in [-0.4, -0.2) is 14.7 Å². The zero-order valence-electron chi connectivity index (χ0n) is 12.0. The summed E-state index contributed by atoms with van der Waals surface area (Å²) in [5, 5.41) is 18.0. The van der Waals surface area contributed by atoms with Crippen LogP contribution in [0.25, 0.3) is 0 Å². The zero-order chi connectivity index (χ0) is 16.7. The number of nitro benzene ring substituents is 1. The van der Waals surface area contributed by atoms with Gasteiger partial charge in [0, 0.05) is 13.1 Å². The van der Waals surface area contributed by atoms with Crippen molar-refractivity contribution in [3.63, 3.8) is 0 Å². The Bertz CT molecular complexity index is 738. The van der Waals surface area contributed by atoms with Gasteiger partial charge >= 0.3 is 6.18 Å². The Hall–Kier alpha value is -2.58. The van der Waals surface area contributed by atoms with Gasteiger partial charge in [0.25, 0.3) is 5.69 Å². The van der Waals surface area contributed by atoms with Gasteiger partial charge in [0.05, 0.1) is 27.6 Å². The maximum Gasteiger partial charge on any atom is 0.416 e. The highest BCUT2D eigenvalue weighted by Crippen LogP contribution is 2.36. The SMILES string of the molecule is Cc1nn(C)c(C)c1Nc1ccc(C(F)(F)F)cc1[N+](=O)[O-]. The van der Waals surface area contributed by atoms with Crippen LogP contribution in [0.1, 0.15) is 17.0 Å². The van der Waals surface area contributed by atoms with E-state index in [-0.39, 0.29) is 5.69 Å². The van der Waals surface area contributed by atoms with Crippen molar-refractivity contribution in [2.45, 2.75) is 20.0 Å². The molecule has 118 valence electrons. The smallest absolute Gasteiger partial charge is 0.347 e. The fraction of sp³-hybridized carbons (Fsp3) is 0.308. The molecule has 6 nitrogen and oxygen atoms in total. The Labute approximate surface area is 123 Å². The fourth-order valence-corrected chi connectivity index (χ4v) is 2.05. The zero-order valence-corrected chi connectivity index (χ0v) is 12.0. The number of nitrogens with zero attached hydrogens (tertiary/aromatic N) is 3. The number of aryl methyl sites for hydroxylation is 2. The predicted molar refractivity (Wildman–Crippen MR) is 74.1 cm³/mol. The second kappa shape index (κ2) is 5.32. The minimum atomic E-state index is -4.64. The number of anilines is 2. The van der Waals surface area contributed by atoms with E-state index in [1.807, 2.05) is 0 Å². The predicted octanol–water partition coefficient (Wildman–Crippen LogP) is 3.71. The largest absolute Gasteiger partial charge is 0.416 e. The second-order valence-electron chi connectivity index (χ2n) is 4.78. The summed E-state index contributed by atoms with van der Waals surface area (Å²) in [7, 11) is 1.70. The van der Waals surface area contributed by atoms with E-state index in [1.54, 1.807) is 25.6 Å². The number of nitrogens with one attached hydrogen (secondary N) is 1. The lowest BCUT2D eigenvalue weighted by atomic mass is 10.1. The summed E-state index contributed by atoms with van der Waals surface area (Å²) in [5.74, 6) is 0. The van der Waals surface area contributed by atoms with Crippen LogP contribution in [0.4, 0.5) is 30.2 Å². The molecule has 0 saturated heterocycles. The molecule has 0 saturated carbocycles. The van der Waals surface area contributed by atoms with Crippen molar-refractivity contribution < 1.29 is 18.1 Å². The molecule has 22 heavy (non-hydrogen) atoms. The first-order valence-electron chi connectivity index (χ1n) is 6.24. The van der Waals surface area contributed by atoms with Crippen LogP contribution in [0.2, 0.25) is 0 Å². The number of benzene rings is 1. The molecule has 0 unspecified atom stereocenters. The lowest BCUT2D eigenvalue weighted by Gasteiger charge is -2.11. The molecule has 2 rings (SSSR count). The Morgan fingerprint density at radius 2 is 1.95 bits per heavy atom. The van der Waals surface area contributed by atoms with Gasteiger partial charge in [-0.25, -0.2) is 0 Å². The van der Waals surface area contributed by atoms with Crippen molar-refractivity contribution in [3.8, 4) is 0 Å². The van der Waals surface area contributed by atoms with E-state index in [4.69, 9.17) is 0 Å². The van der Waals surface area contributed by atoms with Crippen LogP contribution in [0.15, 0.2) is 18.2 Å². The van der Waals surface area contributed by atoms with Gasteiger partial charge in [0.15, 0.2) is 0 Å². The molecule has 1 heterocycles. The summed E-state index contributed by atoms with van der Waals surface area (Å²) in [5.41, 5.74) is 0.116. The molecule has 9 heteroatoms. The Morgan fingerprint density at radius 3 is 2.41 bits per heavy atom. The molecule has 0 radical (unpaired) electrons. The van der Waals surface area contributed by atoms with Gasteiger partial charge in [-0.2, -0.15) is 18.3 Å². The van der Waals surface area contributed by atoms with E-state index < -0.39 is 22.4 Å². The molecular formula is C13H13F3N4O2. The van der Waals surface area contributed by atoms with E-state index >= 15 is 0 Å². The highest BCUT2D eigenvalue weighted by molar-refractivity contribution is 5.72. The number of nitro groups is 1. The number of hydrogen-bond donors (Lipinski definition) is 1. The second-order valence-corrected chi connectivity index (χ2v) is 4.78. The standard InChI is InChI=1S/C13H13F3N4O2/c1-7-12(8(2)19(3)18-7)17-10-5-4-9(13(14,15)16)6-11(10)20(21)22/h4-6,17H,1-3H3. The number of rotatable bonds is 3. The Morgan fingerprint density at radius 1 is 1.32 bits per heavy atom. The molecule has 1 N–H and O–H groups in total. The van der Waals surface area contributed by atoms with Gasteiger partial charge in [0.1, 0.15) is 5.69 Å². The monoisotopic (exact) mass is 314 g/mol. The lowest BCUT2D eigenvalue weighted by Crippen LogP contribution is -2.07. The fourth-order valence-electron chi connectivity index (χ4n) is 2.05. The summed E-state index contributed by atoms with van der Waals surface area (Å²) in [4.78, 5) is 10.2. The first-order valence-corrected chi connectivity index (χ1v) is 6.24. The molecule has 0 aliphatic carbocycles. The molecule has 0 aliphatic rings. The molecule has 0 aliphatic heterocycles. The van der Waals surface area contributed by atoms with E-state index in [9.17, 15) is 23.3 Å². The molecule has 1 aromatic carbocycles. The van der Waals surface area contributed by atoms with Crippen molar-refractivity contribution >= 4 is 17.1 Å². The van der Waals surface area contributed by atoms with Crippen molar-refractivity contribution in [3.05, 3.63) is 45.3 Å². The third-order valence-electron chi connectivity index (χ3n) is 3.29. The average Bonchev–Trinajstić information content (AvgIpc) is 2.64. The normalized spacial score (nSPS) is 11.5. The summed E-state index contributed by atoms with van der Waals surface area (Å²) >= 11 is 0. The van der Waals surface area contributed by atoms with Crippen LogP contribution < -0.4 is 5.32 Å². The molecular weight excluding hydrogens is 301 g/mol. The summed E-state index contributed by atoms with van der Waals surface area (Å²) in [6.07, 6.45) is -4.64. The molecule has 0 atom stereocenters. The molecule has 2 aromatic rings. The third-order valence-corrected chi connectivity index (χ3v) is 3.29. The summed E-state index contributed by atoms with van der Waals surface area (Å²) in [6, 6.07) is 2.37. The van der Waals surface area contributed by atoms with E-state index in [0.29, 0.717) is 23.1 Å². The van der Waals surface area contributed by atoms with Gasteiger partial charge in [-0.05, 0) is 26.0 Å². The summed E-state index contributed by atoms with van der Waals surface area (Å²) < 4.78 is 39.6. The molecule has 1 aromatic heterocycles. The first-order chi connectivity index (χ1) is 10.1. The molecule has 0 spiro atoms. The quantitative estimate of drug-likeness (QED) is 0.692. The van der Waals surface area contributed by atoms with Crippen molar-refractivity contribution in [2.75, 3.05) is 5.32 Å². The van der Waals surface area contributed by atoms with E-state index in [0.717, 1.165) is 12.1 Å². The molecule has 0 bridgehead atoms.